The fourth-order valence-corrected chi connectivity index (χ4v) is 4.54. The van der Waals surface area contributed by atoms with Crippen LogP contribution in [0.4, 0.5) is 0 Å². The van der Waals surface area contributed by atoms with Gasteiger partial charge in [-0.25, -0.2) is 0 Å². The monoisotopic (exact) mass is 432 g/mol. The van der Waals surface area contributed by atoms with Crippen molar-refractivity contribution in [1.29, 1.82) is 0 Å². The molecule has 2 unspecified atom stereocenters. The molecule has 4 atom stereocenters. The third-order valence-electron chi connectivity index (χ3n) is 6.05. The Kier molecular flexibility index (Phi) is 7.05. The van der Waals surface area contributed by atoms with Crippen LogP contribution < -0.4 is 28.4 Å². The predicted molar refractivity (Wildman–Crippen MR) is 117 cm³/mol. The van der Waals surface area contributed by atoms with Crippen LogP contribution in [0.2, 0.25) is 0 Å². The molecule has 1 aliphatic heterocycles. The third kappa shape index (κ3) is 4.06. The first-order chi connectivity index (χ1) is 14.9. The molecule has 0 N–H and O–H groups in total. The van der Waals surface area contributed by atoms with E-state index in [2.05, 4.69) is 13.8 Å². The van der Waals surface area contributed by atoms with E-state index in [1.165, 1.54) is 0 Å². The zero-order valence-electron chi connectivity index (χ0n) is 19.5. The lowest BCUT2D eigenvalue weighted by atomic mass is 9.81. The van der Waals surface area contributed by atoms with E-state index in [0.717, 1.165) is 16.9 Å². The van der Waals surface area contributed by atoms with E-state index in [0.29, 0.717) is 28.7 Å². The van der Waals surface area contributed by atoms with Gasteiger partial charge >= 0.3 is 0 Å². The molecule has 0 aromatic heterocycles. The minimum absolute atomic E-state index is 0.0650. The highest BCUT2D eigenvalue weighted by Gasteiger charge is 2.44. The number of methoxy groups -OCH3 is 6. The molecule has 3 rings (SSSR count). The molecule has 2 aromatic rings. The fraction of sp³-hybridized carbons (Fsp3) is 0.500. The van der Waals surface area contributed by atoms with Crippen LogP contribution in [0.15, 0.2) is 24.3 Å². The summed E-state index contributed by atoms with van der Waals surface area (Å²) in [6.45, 7) is 4.25. The maximum atomic E-state index is 6.47. The first-order valence-corrected chi connectivity index (χ1v) is 10.2. The Hall–Kier alpha value is -2.80. The van der Waals surface area contributed by atoms with Gasteiger partial charge in [0.25, 0.3) is 0 Å². The van der Waals surface area contributed by atoms with Gasteiger partial charge in [-0.15, -0.1) is 0 Å². The molecule has 1 saturated heterocycles. The Balaban J connectivity index is 2.06. The van der Waals surface area contributed by atoms with Gasteiger partial charge in [-0.3, -0.25) is 0 Å². The van der Waals surface area contributed by atoms with Gasteiger partial charge in [0.15, 0.2) is 23.0 Å². The minimum atomic E-state index is -0.201. The molecule has 31 heavy (non-hydrogen) atoms. The quantitative estimate of drug-likeness (QED) is 0.603. The van der Waals surface area contributed by atoms with Crippen molar-refractivity contribution in [3.63, 3.8) is 0 Å². The van der Waals surface area contributed by atoms with Gasteiger partial charge in [0.1, 0.15) is 11.5 Å². The molecule has 0 radical (unpaired) electrons. The first-order valence-electron chi connectivity index (χ1n) is 10.2. The molecule has 1 aliphatic rings. The van der Waals surface area contributed by atoms with Gasteiger partial charge in [-0.1, -0.05) is 6.92 Å². The summed E-state index contributed by atoms with van der Waals surface area (Å²) >= 11 is 0. The molecule has 0 bridgehead atoms. The van der Waals surface area contributed by atoms with Gasteiger partial charge in [0.05, 0.1) is 54.9 Å². The van der Waals surface area contributed by atoms with Crippen LogP contribution in [0, 0.1) is 5.92 Å². The molecular weight excluding hydrogens is 400 g/mol. The van der Waals surface area contributed by atoms with Gasteiger partial charge < -0.3 is 33.2 Å². The number of hydrogen-bond donors (Lipinski definition) is 0. The lowest BCUT2D eigenvalue weighted by Gasteiger charge is -2.24. The van der Waals surface area contributed by atoms with Crippen LogP contribution in [0.1, 0.15) is 37.0 Å². The first kappa shape index (κ1) is 22.9. The SMILES string of the molecule is COc1cc(OC)c(C2O[C@@H](C)C(c3cc(OC)c(OC)cc3OC)[C@@H]2C)cc1OC. The molecule has 0 amide bonds. The number of hydrogen-bond acceptors (Lipinski definition) is 7. The summed E-state index contributed by atoms with van der Waals surface area (Å²) in [5.74, 6) is 4.15. The molecule has 1 fully saturated rings. The van der Waals surface area contributed by atoms with E-state index in [4.69, 9.17) is 33.2 Å². The molecule has 7 nitrogen and oxygen atoms in total. The predicted octanol–water partition coefficient (Wildman–Crippen LogP) is 4.62. The van der Waals surface area contributed by atoms with Gasteiger partial charge in [-0.05, 0) is 25.0 Å². The summed E-state index contributed by atoms with van der Waals surface area (Å²) in [4.78, 5) is 0. The summed E-state index contributed by atoms with van der Waals surface area (Å²) in [6, 6.07) is 7.60. The lowest BCUT2D eigenvalue weighted by molar-refractivity contribution is 0.0415. The van der Waals surface area contributed by atoms with Crippen molar-refractivity contribution in [2.45, 2.75) is 32.0 Å². The number of benzene rings is 2. The number of rotatable bonds is 8. The Labute approximate surface area is 184 Å². The maximum Gasteiger partial charge on any atom is 0.164 e. The van der Waals surface area contributed by atoms with Crippen LogP contribution in [0.3, 0.4) is 0 Å². The second-order valence-corrected chi connectivity index (χ2v) is 7.54. The molecule has 7 heteroatoms. The molecular formula is C24H32O7. The lowest BCUT2D eigenvalue weighted by Crippen LogP contribution is -2.16. The average molecular weight is 433 g/mol. The van der Waals surface area contributed by atoms with Crippen LogP contribution in [0.25, 0.3) is 0 Å². The zero-order chi connectivity index (χ0) is 22.7. The Morgan fingerprint density at radius 3 is 1.39 bits per heavy atom. The third-order valence-corrected chi connectivity index (χ3v) is 6.05. The van der Waals surface area contributed by atoms with E-state index in [-0.39, 0.29) is 24.0 Å². The van der Waals surface area contributed by atoms with E-state index < -0.39 is 0 Å². The normalized spacial score (nSPS) is 22.7. The molecule has 0 aliphatic carbocycles. The van der Waals surface area contributed by atoms with Crippen molar-refractivity contribution in [3.05, 3.63) is 35.4 Å². The van der Waals surface area contributed by atoms with Crippen LogP contribution >= 0.6 is 0 Å². The second-order valence-electron chi connectivity index (χ2n) is 7.54. The van der Waals surface area contributed by atoms with E-state index >= 15 is 0 Å². The van der Waals surface area contributed by atoms with Crippen molar-refractivity contribution < 1.29 is 33.2 Å². The molecule has 2 aromatic carbocycles. The molecule has 170 valence electrons. The largest absolute Gasteiger partial charge is 0.496 e. The summed E-state index contributed by atoms with van der Waals surface area (Å²) in [6.07, 6.45) is -0.266. The highest BCUT2D eigenvalue weighted by Crippen LogP contribution is 2.53. The van der Waals surface area contributed by atoms with Gasteiger partial charge in [-0.2, -0.15) is 0 Å². The van der Waals surface area contributed by atoms with Crippen molar-refractivity contribution in [2.75, 3.05) is 42.7 Å². The van der Waals surface area contributed by atoms with E-state index in [1.807, 2.05) is 24.3 Å². The molecule has 0 saturated carbocycles. The fourth-order valence-electron chi connectivity index (χ4n) is 4.54. The number of ether oxygens (including phenoxy) is 7. The van der Waals surface area contributed by atoms with Gasteiger partial charge in [0.2, 0.25) is 0 Å². The van der Waals surface area contributed by atoms with E-state index in [1.54, 1.807) is 42.7 Å². The summed E-state index contributed by atoms with van der Waals surface area (Å²) in [7, 11) is 9.76. The van der Waals surface area contributed by atoms with Crippen molar-refractivity contribution in [1.82, 2.24) is 0 Å². The molecule has 0 spiro atoms. The maximum absolute atomic E-state index is 6.47. The zero-order valence-corrected chi connectivity index (χ0v) is 19.5. The van der Waals surface area contributed by atoms with Crippen molar-refractivity contribution in [3.8, 4) is 34.5 Å². The highest BCUT2D eigenvalue weighted by molar-refractivity contribution is 5.54. The summed E-state index contributed by atoms with van der Waals surface area (Å²) < 4.78 is 39.7. The molecule has 1 heterocycles. The van der Waals surface area contributed by atoms with Gasteiger partial charge in [0, 0.05) is 29.2 Å². The average Bonchev–Trinajstić information content (AvgIpc) is 3.10. The summed E-state index contributed by atoms with van der Waals surface area (Å²) in [5.41, 5.74) is 1.93. The van der Waals surface area contributed by atoms with Crippen LogP contribution in [-0.4, -0.2) is 48.8 Å². The Morgan fingerprint density at radius 2 is 0.935 bits per heavy atom. The van der Waals surface area contributed by atoms with Crippen molar-refractivity contribution in [2.24, 2.45) is 5.92 Å². The standard InChI is InChI=1S/C24H32O7/c1-13-23(15-9-19(27-5)21(29-7)11-17(15)25-3)14(2)31-24(13)16-10-20(28-6)22(30-8)12-18(16)26-4/h9-14,23-24H,1-8H3/t13-,14-,23?,24?/m0/s1. The van der Waals surface area contributed by atoms with Crippen molar-refractivity contribution >= 4 is 0 Å². The Morgan fingerprint density at radius 1 is 0.548 bits per heavy atom. The minimum Gasteiger partial charge on any atom is -0.496 e. The Bertz CT molecular complexity index is 911. The summed E-state index contributed by atoms with van der Waals surface area (Å²) in [5, 5.41) is 0. The second kappa shape index (κ2) is 9.56. The van der Waals surface area contributed by atoms with Crippen LogP contribution in [-0.2, 0) is 4.74 Å². The topological polar surface area (TPSA) is 64.6 Å². The van der Waals surface area contributed by atoms with Crippen LogP contribution in [0.5, 0.6) is 34.5 Å². The van der Waals surface area contributed by atoms with E-state index in [9.17, 15) is 0 Å². The highest BCUT2D eigenvalue weighted by atomic mass is 16.5. The smallest absolute Gasteiger partial charge is 0.164 e.